The molecule has 0 aromatic rings. The summed E-state index contributed by atoms with van der Waals surface area (Å²) in [5, 5.41) is 19.2. The number of hydrogen-bond donors (Lipinski definition) is 2. The van der Waals surface area contributed by atoms with Crippen LogP contribution < -0.4 is 0 Å². The lowest BCUT2D eigenvalue weighted by atomic mass is 9.93. The summed E-state index contributed by atoms with van der Waals surface area (Å²) in [6, 6.07) is 0.365. The van der Waals surface area contributed by atoms with Crippen molar-refractivity contribution in [3.8, 4) is 0 Å². The van der Waals surface area contributed by atoms with Gasteiger partial charge in [-0.3, -0.25) is 0 Å². The molecule has 0 aliphatic carbocycles. The first-order valence-corrected chi connectivity index (χ1v) is 5.00. The molecule has 0 saturated carbocycles. The maximum atomic E-state index is 10.4. The molecule has 5 heteroatoms. The molecule has 2 atom stereocenters. The van der Waals surface area contributed by atoms with Crippen LogP contribution in [-0.4, -0.2) is 40.1 Å². The van der Waals surface area contributed by atoms with Crippen molar-refractivity contribution in [2.24, 2.45) is 5.92 Å². The highest BCUT2D eigenvalue weighted by atomic mass is 16.8. The summed E-state index contributed by atoms with van der Waals surface area (Å²) < 4.78 is 0. The number of aliphatic hydroxyl groups excluding tert-OH is 1. The highest BCUT2D eigenvalue weighted by Crippen LogP contribution is 2.38. The van der Waals surface area contributed by atoms with E-state index in [9.17, 15) is 4.79 Å². The van der Waals surface area contributed by atoms with Crippen molar-refractivity contribution >= 4 is 6.16 Å². The van der Waals surface area contributed by atoms with E-state index in [2.05, 4.69) is 0 Å². The van der Waals surface area contributed by atoms with E-state index < -0.39 is 6.16 Å². The molecule has 0 spiro atoms. The molecule has 0 amide bonds. The quantitative estimate of drug-likeness (QED) is 0.692. The normalized spacial score (nSPS) is 37.1. The summed E-state index contributed by atoms with van der Waals surface area (Å²) in [4.78, 5) is 15.2. The second-order valence-corrected chi connectivity index (χ2v) is 4.12. The summed E-state index contributed by atoms with van der Waals surface area (Å²) in [6.45, 7) is 0.202. The van der Waals surface area contributed by atoms with E-state index in [1.54, 1.807) is 5.06 Å². The maximum absolute atomic E-state index is 10.4. The molecule has 2 unspecified atom stereocenters. The smallest absolute Gasteiger partial charge is 0.448 e. The third-order valence-corrected chi connectivity index (χ3v) is 3.21. The third-order valence-electron chi connectivity index (χ3n) is 3.21. The zero-order valence-electron chi connectivity index (χ0n) is 7.93. The molecule has 0 radical (unpaired) electrons. The molecule has 5 nitrogen and oxygen atoms in total. The first-order chi connectivity index (χ1) is 6.70. The van der Waals surface area contributed by atoms with E-state index in [4.69, 9.17) is 15.1 Å². The maximum Gasteiger partial charge on any atom is 0.525 e. The predicted octanol–water partition coefficient (Wildman–Crippen LogP) is 0.831. The van der Waals surface area contributed by atoms with E-state index in [1.807, 2.05) is 0 Å². The molecule has 2 heterocycles. The molecule has 0 aromatic carbocycles. The third kappa shape index (κ3) is 1.69. The Morgan fingerprint density at radius 1 is 1.36 bits per heavy atom. The van der Waals surface area contributed by atoms with Crippen molar-refractivity contribution in [1.29, 1.82) is 0 Å². The SMILES string of the molecule is O=C(O)ON1C2CCC1CC(CO)C2. The number of carboxylic acid groups (broad SMARTS) is 1. The average Bonchev–Trinajstić information content (AvgIpc) is 2.38. The number of rotatable bonds is 2. The second-order valence-electron chi connectivity index (χ2n) is 4.12. The van der Waals surface area contributed by atoms with Crippen molar-refractivity contribution in [2.75, 3.05) is 6.61 Å². The Hall–Kier alpha value is -0.810. The van der Waals surface area contributed by atoms with Gasteiger partial charge < -0.3 is 15.1 Å². The number of fused-ring (bicyclic) bond motifs is 2. The first-order valence-electron chi connectivity index (χ1n) is 5.00. The Bertz CT molecular complexity index is 219. The Morgan fingerprint density at radius 3 is 2.36 bits per heavy atom. The van der Waals surface area contributed by atoms with Crippen LogP contribution in [0, 0.1) is 5.92 Å². The average molecular weight is 201 g/mol. The van der Waals surface area contributed by atoms with Crippen LogP contribution in [0.3, 0.4) is 0 Å². The minimum atomic E-state index is -1.23. The molecule has 0 aromatic heterocycles. The largest absolute Gasteiger partial charge is 0.525 e. The minimum absolute atomic E-state index is 0.182. The zero-order chi connectivity index (χ0) is 10.1. The van der Waals surface area contributed by atoms with Gasteiger partial charge in [0.15, 0.2) is 0 Å². The van der Waals surface area contributed by atoms with Crippen LogP contribution in [0.2, 0.25) is 0 Å². The molecular formula is C9H15NO4. The molecule has 80 valence electrons. The standard InChI is InChI=1S/C9H15NO4/c11-5-6-3-7-1-2-8(4-6)10(7)14-9(12)13/h6-8,11H,1-5H2,(H,12,13). The number of piperidine rings is 1. The monoisotopic (exact) mass is 201 g/mol. The molecule has 2 N–H and O–H groups in total. The van der Waals surface area contributed by atoms with Gasteiger partial charge in [0.05, 0.1) is 0 Å². The van der Waals surface area contributed by atoms with Crippen LogP contribution >= 0.6 is 0 Å². The Labute approximate surface area is 82.2 Å². The molecule has 2 saturated heterocycles. The summed E-state index contributed by atoms with van der Waals surface area (Å²) in [5.74, 6) is 0.321. The lowest BCUT2D eigenvalue weighted by Crippen LogP contribution is -2.44. The van der Waals surface area contributed by atoms with Crippen LogP contribution in [0.5, 0.6) is 0 Å². The van der Waals surface area contributed by atoms with E-state index in [0.29, 0.717) is 5.92 Å². The number of hydroxylamine groups is 2. The van der Waals surface area contributed by atoms with Gasteiger partial charge in [0.2, 0.25) is 0 Å². The molecule has 2 aliphatic rings. The minimum Gasteiger partial charge on any atom is -0.448 e. The number of nitrogens with zero attached hydrogens (tertiary/aromatic N) is 1. The highest BCUT2D eigenvalue weighted by molar-refractivity contribution is 5.56. The predicted molar refractivity (Wildman–Crippen MR) is 47.6 cm³/mol. The Morgan fingerprint density at radius 2 is 1.93 bits per heavy atom. The molecule has 2 fully saturated rings. The fourth-order valence-corrected chi connectivity index (χ4v) is 2.63. The summed E-state index contributed by atoms with van der Waals surface area (Å²) in [7, 11) is 0. The van der Waals surface area contributed by atoms with Crippen molar-refractivity contribution < 1.29 is 19.8 Å². The van der Waals surface area contributed by atoms with E-state index in [-0.39, 0.29) is 18.7 Å². The van der Waals surface area contributed by atoms with Crippen LogP contribution in [0.15, 0.2) is 0 Å². The van der Waals surface area contributed by atoms with Crippen LogP contribution in [-0.2, 0) is 4.84 Å². The zero-order valence-corrected chi connectivity index (χ0v) is 7.93. The lowest BCUT2D eigenvalue weighted by Gasteiger charge is -2.35. The van der Waals surface area contributed by atoms with Gasteiger partial charge in [-0.2, -0.15) is 0 Å². The van der Waals surface area contributed by atoms with Gasteiger partial charge in [0.25, 0.3) is 0 Å². The topological polar surface area (TPSA) is 70.0 Å². The van der Waals surface area contributed by atoms with Gasteiger partial charge in [0, 0.05) is 18.7 Å². The summed E-state index contributed by atoms with van der Waals surface area (Å²) in [6.07, 6.45) is 2.42. The molecule has 2 aliphatic heterocycles. The van der Waals surface area contributed by atoms with Gasteiger partial charge >= 0.3 is 6.16 Å². The second kappa shape index (κ2) is 3.74. The van der Waals surface area contributed by atoms with Crippen LogP contribution in [0.4, 0.5) is 4.79 Å². The van der Waals surface area contributed by atoms with Crippen molar-refractivity contribution in [2.45, 2.75) is 37.8 Å². The fourth-order valence-electron chi connectivity index (χ4n) is 2.63. The van der Waals surface area contributed by atoms with Crippen molar-refractivity contribution in [3.63, 3.8) is 0 Å². The van der Waals surface area contributed by atoms with Gasteiger partial charge in [0.1, 0.15) is 0 Å². The number of hydrogen-bond acceptors (Lipinski definition) is 4. The van der Waals surface area contributed by atoms with Crippen LogP contribution in [0.25, 0.3) is 0 Å². The molecule has 14 heavy (non-hydrogen) atoms. The lowest BCUT2D eigenvalue weighted by molar-refractivity contribution is -0.176. The fraction of sp³-hybridized carbons (Fsp3) is 0.889. The molecule has 2 bridgehead atoms. The van der Waals surface area contributed by atoms with E-state index in [0.717, 1.165) is 25.7 Å². The van der Waals surface area contributed by atoms with Crippen molar-refractivity contribution in [1.82, 2.24) is 5.06 Å². The first kappa shape index (κ1) is 9.73. The summed E-state index contributed by atoms with van der Waals surface area (Å²) in [5.41, 5.74) is 0. The molecule has 2 rings (SSSR count). The van der Waals surface area contributed by atoms with Crippen molar-refractivity contribution in [3.05, 3.63) is 0 Å². The number of carbonyl (C=O) groups is 1. The number of aliphatic hydroxyl groups is 1. The highest BCUT2D eigenvalue weighted by Gasteiger charge is 2.43. The Kier molecular flexibility index (Phi) is 2.60. The van der Waals surface area contributed by atoms with Gasteiger partial charge in [-0.05, 0) is 31.6 Å². The van der Waals surface area contributed by atoms with Gasteiger partial charge in [-0.25, -0.2) is 4.79 Å². The Balaban J connectivity index is 1.99. The molecular weight excluding hydrogens is 186 g/mol. The van der Waals surface area contributed by atoms with E-state index in [1.165, 1.54) is 0 Å². The van der Waals surface area contributed by atoms with Crippen LogP contribution in [0.1, 0.15) is 25.7 Å². The van der Waals surface area contributed by atoms with Gasteiger partial charge in [-0.1, -0.05) is 0 Å². The van der Waals surface area contributed by atoms with E-state index >= 15 is 0 Å². The van der Waals surface area contributed by atoms with Gasteiger partial charge in [-0.15, -0.1) is 5.06 Å². The summed E-state index contributed by atoms with van der Waals surface area (Å²) >= 11 is 0.